The summed E-state index contributed by atoms with van der Waals surface area (Å²) in [5.74, 6) is 0.675. The van der Waals surface area contributed by atoms with E-state index in [1.165, 1.54) is 22.5 Å². The number of aromatic amines is 1. The predicted octanol–water partition coefficient (Wildman–Crippen LogP) is 4.87. The first-order valence-corrected chi connectivity index (χ1v) is 10.2. The molecule has 26 heavy (non-hydrogen) atoms. The van der Waals surface area contributed by atoms with Gasteiger partial charge in [0.25, 0.3) is 5.56 Å². The molecule has 0 aliphatic carbocycles. The van der Waals surface area contributed by atoms with E-state index in [1.54, 1.807) is 11.3 Å². The van der Waals surface area contributed by atoms with Crippen molar-refractivity contribution < 1.29 is 0 Å². The summed E-state index contributed by atoms with van der Waals surface area (Å²) < 4.78 is 0. The molecule has 0 radical (unpaired) electrons. The maximum Gasteiger partial charge on any atom is 0.260 e. The lowest BCUT2D eigenvalue weighted by Crippen LogP contribution is -2.23. The van der Waals surface area contributed by atoms with Crippen LogP contribution in [0.5, 0.6) is 0 Å². The summed E-state index contributed by atoms with van der Waals surface area (Å²) >= 11 is 3.16. The molecule has 0 spiro atoms. The van der Waals surface area contributed by atoms with Gasteiger partial charge in [-0.3, -0.25) is 4.79 Å². The first kappa shape index (κ1) is 17.1. The summed E-state index contributed by atoms with van der Waals surface area (Å²) in [7, 11) is 0. The molecule has 3 aromatic heterocycles. The monoisotopic (exact) mass is 381 g/mol. The zero-order valence-electron chi connectivity index (χ0n) is 14.6. The van der Waals surface area contributed by atoms with Crippen LogP contribution in [0.4, 0.5) is 0 Å². The lowest BCUT2D eigenvalue weighted by atomic mass is 10.1. The van der Waals surface area contributed by atoms with Crippen LogP contribution in [0.15, 0.2) is 52.0 Å². The molecule has 0 bridgehead atoms. The minimum atomic E-state index is -0.0707. The van der Waals surface area contributed by atoms with E-state index in [4.69, 9.17) is 4.98 Å². The molecule has 0 aliphatic rings. The summed E-state index contributed by atoms with van der Waals surface area (Å²) in [5, 5.41) is 8.16. The molecule has 4 rings (SSSR count). The number of hydrogen-bond donors (Lipinski definition) is 2. The van der Waals surface area contributed by atoms with Gasteiger partial charge >= 0.3 is 0 Å². The minimum Gasteiger partial charge on any atom is -0.309 e. The molecule has 4 nitrogen and oxygen atoms in total. The molecule has 6 heteroatoms. The van der Waals surface area contributed by atoms with Crippen molar-refractivity contribution in [3.05, 3.63) is 74.5 Å². The second kappa shape index (κ2) is 7.15. The maximum atomic E-state index is 12.7. The molecule has 1 atom stereocenters. The number of nitrogens with zero attached hydrogens (tertiary/aromatic N) is 1. The van der Waals surface area contributed by atoms with Gasteiger partial charge in [0.05, 0.1) is 11.4 Å². The first-order valence-electron chi connectivity index (χ1n) is 8.46. The van der Waals surface area contributed by atoms with Gasteiger partial charge in [0.2, 0.25) is 0 Å². The molecule has 2 N–H and O–H groups in total. The van der Waals surface area contributed by atoms with Gasteiger partial charge in [0.15, 0.2) is 0 Å². The highest BCUT2D eigenvalue weighted by Crippen LogP contribution is 2.33. The van der Waals surface area contributed by atoms with Gasteiger partial charge in [-0.05, 0) is 30.9 Å². The van der Waals surface area contributed by atoms with E-state index in [2.05, 4.69) is 41.5 Å². The van der Waals surface area contributed by atoms with Crippen LogP contribution in [0, 0.1) is 6.92 Å². The van der Waals surface area contributed by atoms with Crippen LogP contribution >= 0.6 is 22.7 Å². The second-order valence-electron chi connectivity index (χ2n) is 6.35. The number of rotatable bonds is 5. The van der Waals surface area contributed by atoms with Crippen LogP contribution in [-0.4, -0.2) is 9.97 Å². The quantitative estimate of drug-likeness (QED) is 0.518. The Morgan fingerprint density at radius 3 is 2.73 bits per heavy atom. The number of aryl methyl sites for hydroxylation is 1. The SMILES string of the molecule is Cc1ccc(CN[C@@H](C)c2nc3scc(-c4cccs4)c3c(=O)[nH]2)cc1. The van der Waals surface area contributed by atoms with Gasteiger partial charge in [-0.2, -0.15) is 0 Å². The first-order chi connectivity index (χ1) is 12.6. The molecule has 0 saturated carbocycles. The zero-order valence-corrected chi connectivity index (χ0v) is 16.2. The molecule has 1 aromatic carbocycles. The van der Waals surface area contributed by atoms with Gasteiger partial charge < -0.3 is 10.3 Å². The largest absolute Gasteiger partial charge is 0.309 e. The Balaban J connectivity index is 1.59. The van der Waals surface area contributed by atoms with Crippen molar-refractivity contribution in [2.45, 2.75) is 26.4 Å². The van der Waals surface area contributed by atoms with Crippen LogP contribution in [-0.2, 0) is 6.54 Å². The van der Waals surface area contributed by atoms with Crippen molar-refractivity contribution in [3.8, 4) is 10.4 Å². The lowest BCUT2D eigenvalue weighted by molar-refractivity contribution is 0.547. The van der Waals surface area contributed by atoms with Crippen molar-refractivity contribution in [1.82, 2.24) is 15.3 Å². The van der Waals surface area contributed by atoms with Crippen molar-refractivity contribution >= 4 is 32.9 Å². The number of hydrogen-bond acceptors (Lipinski definition) is 5. The van der Waals surface area contributed by atoms with E-state index in [0.29, 0.717) is 11.2 Å². The molecule has 0 amide bonds. The van der Waals surface area contributed by atoms with Crippen molar-refractivity contribution in [1.29, 1.82) is 0 Å². The molecule has 0 unspecified atom stereocenters. The number of aromatic nitrogens is 2. The van der Waals surface area contributed by atoms with Crippen molar-refractivity contribution in [3.63, 3.8) is 0 Å². The summed E-state index contributed by atoms with van der Waals surface area (Å²) in [6.45, 7) is 4.83. The summed E-state index contributed by atoms with van der Waals surface area (Å²) in [6.07, 6.45) is 0. The van der Waals surface area contributed by atoms with E-state index >= 15 is 0 Å². The molecule has 0 saturated heterocycles. The van der Waals surface area contributed by atoms with Gasteiger partial charge in [-0.25, -0.2) is 4.98 Å². The number of fused-ring (bicyclic) bond motifs is 1. The van der Waals surface area contributed by atoms with Crippen LogP contribution < -0.4 is 10.9 Å². The van der Waals surface area contributed by atoms with Gasteiger partial charge in [0.1, 0.15) is 10.7 Å². The fraction of sp³-hybridized carbons (Fsp3) is 0.200. The average molecular weight is 382 g/mol. The molecule has 132 valence electrons. The third-order valence-corrected chi connectivity index (χ3v) is 6.17. The van der Waals surface area contributed by atoms with Crippen LogP contribution in [0.1, 0.15) is 29.9 Å². The van der Waals surface area contributed by atoms with Crippen LogP contribution in [0.2, 0.25) is 0 Å². The smallest absolute Gasteiger partial charge is 0.260 e. The van der Waals surface area contributed by atoms with Crippen molar-refractivity contribution in [2.24, 2.45) is 0 Å². The number of H-pyrrole nitrogens is 1. The standard InChI is InChI=1S/C20H19N3OS2/c1-12-5-7-14(8-6-12)10-21-13(2)18-22-19(24)17-15(11-26-20(17)23-18)16-4-3-9-25-16/h3-9,11,13,21H,10H2,1-2H3,(H,22,23,24)/t13-/m0/s1. The summed E-state index contributed by atoms with van der Waals surface area (Å²) in [4.78, 5) is 22.2. The van der Waals surface area contributed by atoms with Crippen LogP contribution in [0.3, 0.4) is 0 Å². The Kier molecular flexibility index (Phi) is 4.72. The van der Waals surface area contributed by atoms with Crippen molar-refractivity contribution in [2.75, 3.05) is 0 Å². The molecule has 4 aromatic rings. The third-order valence-electron chi connectivity index (χ3n) is 4.39. The Labute approximate surface area is 159 Å². The molecule has 3 heterocycles. The normalized spacial score (nSPS) is 12.5. The summed E-state index contributed by atoms with van der Waals surface area (Å²) in [5.41, 5.74) is 3.36. The highest BCUT2D eigenvalue weighted by molar-refractivity contribution is 7.18. The number of thiophene rings is 2. The van der Waals surface area contributed by atoms with Gasteiger partial charge in [0, 0.05) is 22.4 Å². The summed E-state index contributed by atoms with van der Waals surface area (Å²) in [6, 6.07) is 12.4. The van der Waals surface area contributed by atoms with Crippen LogP contribution in [0.25, 0.3) is 20.7 Å². The van der Waals surface area contributed by atoms with Gasteiger partial charge in [-0.15, -0.1) is 22.7 Å². The van der Waals surface area contributed by atoms with E-state index in [1.807, 2.05) is 29.8 Å². The topological polar surface area (TPSA) is 57.8 Å². The second-order valence-corrected chi connectivity index (χ2v) is 8.15. The fourth-order valence-corrected chi connectivity index (χ4v) is 4.63. The Morgan fingerprint density at radius 1 is 1.19 bits per heavy atom. The predicted molar refractivity (Wildman–Crippen MR) is 110 cm³/mol. The molecular weight excluding hydrogens is 362 g/mol. The molecule has 0 aliphatic heterocycles. The third kappa shape index (κ3) is 3.35. The van der Waals surface area contributed by atoms with E-state index in [0.717, 1.165) is 21.8 Å². The van der Waals surface area contributed by atoms with E-state index in [-0.39, 0.29) is 11.6 Å². The van der Waals surface area contributed by atoms with E-state index in [9.17, 15) is 4.79 Å². The van der Waals surface area contributed by atoms with E-state index < -0.39 is 0 Å². The molecular formula is C20H19N3OS2. The average Bonchev–Trinajstić information content (AvgIpc) is 3.30. The maximum absolute atomic E-state index is 12.7. The zero-order chi connectivity index (χ0) is 18.1. The highest BCUT2D eigenvalue weighted by atomic mass is 32.1. The van der Waals surface area contributed by atoms with Gasteiger partial charge in [-0.1, -0.05) is 35.9 Å². The number of nitrogens with one attached hydrogen (secondary N) is 2. The minimum absolute atomic E-state index is 0.0410. The highest BCUT2D eigenvalue weighted by Gasteiger charge is 2.16. The number of benzene rings is 1. The lowest BCUT2D eigenvalue weighted by Gasteiger charge is -2.13. The Hall–Kier alpha value is -2.28. The molecule has 0 fully saturated rings. The Bertz CT molecular complexity index is 1080. The fourth-order valence-electron chi connectivity index (χ4n) is 2.86. The Morgan fingerprint density at radius 2 is 2.00 bits per heavy atom.